The zero-order valence-electron chi connectivity index (χ0n) is 4.91. The molecule has 0 aliphatic rings. The lowest BCUT2D eigenvalue weighted by Gasteiger charge is -1.78. The van der Waals surface area contributed by atoms with Crippen molar-refractivity contribution in [3.8, 4) is 0 Å². The molecular weight excluding hydrogens is 110 g/mol. The standard InChI is InChI=1S/C6H8F2/c1-5(7)3-4-6(2)8/h3-4H,1-2H3/b5-3+,6-4+. The van der Waals surface area contributed by atoms with Gasteiger partial charge in [0.2, 0.25) is 0 Å². The van der Waals surface area contributed by atoms with Crippen LogP contribution in [0.4, 0.5) is 8.78 Å². The molecule has 0 heterocycles. The molecule has 0 spiro atoms. The van der Waals surface area contributed by atoms with Crippen molar-refractivity contribution in [1.82, 2.24) is 0 Å². The highest BCUT2D eigenvalue weighted by atomic mass is 19.1. The van der Waals surface area contributed by atoms with Gasteiger partial charge >= 0.3 is 0 Å². The highest BCUT2D eigenvalue weighted by molar-refractivity contribution is 5.07. The molecule has 0 saturated heterocycles. The number of rotatable bonds is 1. The fourth-order valence-corrected chi connectivity index (χ4v) is 0.230. The van der Waals surface area contributed by atoms with E-state index in [0.29, 0.717) is 0 Å². The summed E-state index contributed by atoms with van der Waals surface area (Å²) in [6.07, 6.45) is 2.16. The zero-order valence-corrected chi connectivity index (χ0v) is 4.91. The Kier molecular flexibility index (Phi) is 3.08. The molecule has 0 radical (unpaired) electrons. The average Bonchev–Trinajstić information content (AvgIpc) is 1.61. The van der Waals surface area contributed by atoms with E-state index in [1.807, 2.05) is 0 Å². The van der Waals surface area contributed by atoms with Gasteiger partial charge in [0, 0.05) is 0 Å². The van der Waals surface area contributed by atoms with Crippen LogP contribution in [0.25, 0.3) is 0 Å². The average molecular weight is 118 g/mol. The molecule has 0 unspecified atom stereocenters. The van der Waals surface area contributed by atoms with Crippen molar-refractivity contribution in [1.29, 1.82) is 0 Å². The molecule has 0 aromatic heterocycles. The largest absolute Gasteiger partial charge is 0.212 e. The predicted molar refractivity (Wildman–Crippen MR) is 29.7 cm³/mol. The molecule has 0 aliphatic heterocycles. The fourth-order valence-electron chi connectivity index (χ4n) is 0.230. The van der Waals surface area contributed by atoms with Gasteiger partial charge in [0.1, 0.15) is 0 Å². The Bertz CT molecular complexity index is 98.5. The van der Waals surface area contributed by atoms with E-state index in [9.17, 15) is 8.78 Å². The Morgan fingerprint density at radius 3 is 1.38 bits per heavy atom. The second kappa shape index (κ2) is 3.36. The third kappa shape index (κ3) is 5.34. The third-order valence-electron chi connectivity index (χ3n) is 0.543. The summed E-state index contributed by atoms with van der Waals surface area (Å²) < 4.78 is 23.4. The Balaban J connectivity index is 3.76. The molecule has 0 N–H and O–H groups in total. The van der Waals surface area contributed by atoms with Crippen LogP contribution in [0.15, 0.2) is 23.8 Å². The molecule has 0 amide bonds. The van der Waals surface area contributed by atoms with Gasteiger partial charge in [0.05, 0.1) is 11.7 Å². The lowest BCUT2D eigenvalue weighted by Crippen LogP contribution is -1.59. The van der Waals surface area contributed by atoms with Crippen LogP contribution >= 0.6 is 0 Å². The SMILES string of the molecule is C/C(F)=C\C=C(/C)F. The van der Waals surface area contributed by atoms with Gasteiger partial charge < -0.3 is 0 Å². The van der Waals surface area contributed by atoms with Crippen LogP contribution in [0.5, 0.6) is 0 Å². The van der Waals surface area contributed by atoms with Crippen molar-refractivity contribution >= 4 is 0 Å². The number of allylic oxidation sites excluding steroid dienone is 4. The Labute approximate surface area is 47.5 Å². The van der Waals surface area contributed by atoms with Crippen LogP contribution in [0.1, 0.15) is 13.8 Å². The summed E-state index contributed by atoms with van der Waals surface area (Å²) in [5.74, 6) is -0.774. The van der Waals surface area contributed by atoms with E-state index in [1.165, 1.54) is 13.8 Å². The first-order valence-electron chi connectivity index (χ1n) is 2.29. The first kappa shape index (κ1) is 7.34. The molecule has 8 heavy (non-hydrogen) atoms. The minimum Gasteiger partial charge on any atom is -0.212 e. The van der Waals surface area contributed by atoms with Gasteiger partial charge in [0.25, 0.3) is 0 Å². The van der Waals surface area contributed by atoms with Crippen molar-refractivity contribution in [2.24, 2.45) is 0 Å². The Morgan fingerprint density at radius 2 is 1.25 bits per heavy atom. The quantitative estimate of drug-likeness (QED) is 0.464. The summed E-state index contributed by atoms with van der Waals surface area (Å²) in [5.41, 5.74) is 0. The summed E-state index contributed by atoms with van der Waals surface area (Å²) in [7, 11) is 0. The number of hydrogen-bond donors (Lipinski definition) is 0. The van der Waals surface area contributed by atoms with Crippen molar-refractivity contribution < 1.29 is 8.78 Å². The van der Waals surface area contributed by atoms with E-state index < -0.39 is 0 Å². The fraction of sp³-hybridized carbons (Fsp3) is 0.333. The molecule has 0 fully saturated rings. The van der Waals surface area contributed by atoms with E-state index in [4.69, 9.17) is 0 Å². The van der Waals surface area contributed by atoms with Crippen molar-refractivity contribution in [2.75, 3.05) is 0 Å². The molecule has 0 atom stereocenters. The van der Waals surface area contributed by atoms with Crippen molar-refractivity contribution in [3.63, 3.8) is 0 Å². The highest BCUT2D eigenvalue weighted by Gasteiger charge is 1.78. The van der Waals surface area contributed by atoms with E-state index in [1.54, 1.807) is 0 Å². The molecule has 0 bridgehead atoms. The van der Waals surface area contributed by atoms with Crippen LogP contribution in [-0.2, 0) is 0 Å². The van der Waals surface area contributed by atoms with Crippen LogP contribution in [0, 0.1) is 0 Å². The Morgan fingerprint density at radius 1 is 1.00 bits per heavy atom. The lowest BCUT2D eigenvalue weighted by molar-refractivity contribution is 0.629. The van der Waals surface area contributed by atoms with E-state index in [-0.39, 0.29) is 11.7 Å². The maximum atomic E-state index is 11.7. The molecular formula is C6H8F2. The van der Waals surface area contributed by atoms with Crippen LogP contribution in [-0.4, -0.2) is 0 Å². The highest BCUT2D eigenvalue weighted by Crippen LogP contribution is 1.97. The molecule has 0 nitrogen and oxygen atoms in total. The van der Waals surface area contributed by atoms with Gasteiger partial charge in [-0.05, 0) is 26.0 Å². The van der Waals surface area contributed by atoms with Gasteiger partial charge in [-0.1, -0.05) is 0 Å². The van der Waals surface area contributed by atoms with Crippen molar-refractivity contribution in [3.05, 3.63) is 23.8 Å². The zero-order chi connectivity index (χ0) is 6.57. The third-order valence-corrected chi connectivity index (χ3v) is 0.543. The van der Waals surface area contributed by atoms with Gasteiger partial charge in [0.15, 0.2) is 0 Å². The molecule has 46 valence electrons. The molecule has 0 saturated carbocycles. The molecule has 0 aromatic rings. The second-order valence-corrected chi connectivity index (χ2v) is 1.51. The van der Waals surface area contributed by atoms with E-state index >= 15 is 0 Å². The van der Waals surface area contributed by atoms with Gasteiger partial charge in [-0.15, -0.1) is 0 Å². The summed E-state index contributed by atoms with van der Waals surface area (Å²) >= 11 is 0. The normalized spacial score (nSPS) is 14.5. The van der Waals surface area contributed by atoms with Gasteiger partial charge in [-0.2, -0.15) is 0 Å². The van der Waals surface area contributed by atoms with Crippen molar-refractivity contribution in [2.45, 2.75) is 13.8 Å². The van der Waals surface area contributed by atoms with Gasteiger partial charge in [-0.25, -0.2) is 8.78 Å². The van der Waals surface area contributed by atoms with E-state index in [0.717, 1.165) is 12.2 Å². The maximum absolute atomic E-state index is 11.7. The summed E-state index contributed by atoms with van der Waals surface area (Å²) in [5, 5.41) is 0. The molecule has 0 aromatic carbocycles. The predicted octanol–water partition coefficient (Wildman–Crippen LogP) is 2.73. The van der Waals surface area contributed by atoms with Crippen LogP contribution < -0.4 is 0 Å². The van der Waals surface area contributed by atoms with Crippen LogP contribution in [0.2, 0.25) is 0 Å². The minimum absolute atomic E-state index is 0.387. The topological polar surface area (TPSA) is 0 Å². The minimum atomic E-state index is -0.387. The number of hydrogen-bond acceptors (Lipinski definition) is 0. The molecule has 0 rings (SSSR count). The Hall–Kier alpha value is -0.660. The molecule has 0 aliphatic carbocycles. The first-order chi connectivity index (χ1) is 3.63. The maximum Gasteiger partial charge on any atom is 0.0969 e. The first-order valence-corrected chi connectivity index (χ1v) is 2.29. The summed E-state index contributed by atoms with van der Waals surface area (Å²) in [6, 6.07) is 0. The monoisotopic (exact) mass is 118 g/mol. The second-order valence-electron chi connectivity index (χ2n) is 1.51. The van der Waals surface area contributed by atoms with Gasteiger partial charge in [-0.3, -0.25) is 0 Å². The molecule has 2 heteroatoms. The summed E-state index contributed by atoms with van der Waals surface area (Å²) in [6.45, 7) is 2.53. The summed E-state index contributed by atoms with van der Waals surface area (Å²) in [4.78, 5) is 0. The lowest BCUT2D eigenvalue weighted by atomic mass is 10.4. The van der Waals surface area contributed by atoms with Crippen LogP contribution in [0.3, 0.4) is 0 Å². The van der Waals surface area contributed by atoms with E-state index in [2.05, 4.69) is 0 Å². The number of halogens is 2. The smallest absolute Gasteiger partial charge is 0.0969 e.